The van der Waals surface area contributed by atoms with Gasteiger partial charge in [0.05, 0.1) is 6.04 Å². The zero-order valence-corrected chi connectivity index (χ0v) is 9.95. The number of likely N-dealkylation sites (tertiary alicyclic amines) is 1. The van der Waals surface area contributed by atoms with E-state index in [9.17, 15) is 9.59 Å². The topological polar surface area (TPSA) is 57.6 Å². The van der Waals surface area contributed by atoms with Crippen molar-refractivity contribution >= 4 is 11.9 Å². The maximum absolute atomic E-state index is 11.9. The number of benzene rings is 1. The first-order valence-corrected chi connectivity index (χ1v) is 5.95. The molecule has 1 aliphatic rings. The van der Waals surface area contributed by atoms with E-state index in [1.807, 2.05) is 30.3 Å². The minimum atomic E-state index is -1.10. The Hall–Kier alpha value is -2.10. The SMILES string of the molecule is O=C(O)/C=C/C(=O)N1CCCC1c1ccccc1. The molecule has 1 atom stereocenters. The Labute approximate surface area is 106 Å². The predicted molar refractivity (Wildman–Crippen MR) is 66.9 cm³/mol. The zero-order chi connectivity index (χ0) is 13.0. The Morgan fingerprint density at radius 1 is 1.22 bits per heavy atom. The lowest BCUT2D eigenvalue weighted by atomic mass is 10.0. The van der Waals surface area contributed by atoms with Gasteiger partial charge in [-0.15, -0.1) is 0 Å². The lowest BCUT2D eigenvalue weighted by Gasteiger charge is -2.23. The average Bonchev–Trinajstić information content (AvgIpc) is 2.86. The lowest BCUT2D eigenvalue weighted by molar-refractivity contribution is -0.132. The molecule has 1 amide bonds. The van der Waals surface area contributed by atoms with Gasteiger partial charge in [0, 0.05) is 18.7 Å². The van der Waals surface area contributed by atoms with Gasteiger partial charge >= 0.3 is 5.97 Å². The predicted octanol–water partition coefficient (Wildman–Crippen LogP) is 1.99. The molecule has 1 N–H and O–H groups in total. The molecule has 0 aliphatic carbocycles. The highest BCUT2D eigenvalue weighted by Gasteiger charge is 2.28. The number of amides is 1. The molecule has 1 aromatic rings. The van der Waals surface area contributed by atoms with Crippen molar-refractivity contribution in [3.05, 3.63) is 48.0 Å². The van der Waals surface area contributed by atoms with Crippen LogP contribution in [0.15, 0.2) is 42.5 Å². The van der Waals surface area contributed by atoms with Crippen LogP contribution >= 0.6 is 0 Å². The third-order valence-corrected chi connectivity index (χ3v) is 3.09. The molecule has 2 rings (SSSR count). The number of aliphatic carboxylic acids is 1. The highest BCUT2D eigenvalue weighted by atomic mass is 16.4. The Morgan fingerprint density at radius 3 is 2.61 bits per heavy atom. The van der Waals surface area contributed by atoms with Crippen molar-refractivity contribution in [3.8, 4) is 0 Å². The fourth-order valence-corrected chi connectivity index (χ4v) is 2.29. The van der Waals surface area contributed by atoms with Gasteiger partial charge in [-0.1, -0.05) is 30.3 Å². The Kier molecular flexibility index (Phi) is 3.77. The van der Waals surface area contributed by atoms with Crippen LogP contribution in [0.5, 0.6) is 0 Å². The Balaban J connectivity index is 2.13. The summed E-state index contributed by atoms with van der Waals surface area (Å²) in [7, 11) is 0. The summed E-state index contributed by atoms with van der Waals surface area (Å²) in [6, 6.07) is 9.90. The van der Waals surface area contributed by atoms with Gasteiger partial charge in [-0.3, -0.25) is 4.79 Å². The van der Waals surface area contributed by atoms with E-state index in [2.05, 4.69) is 0 Å². The summed E-state index contributed by atoms with van der Waals surface area (Å²) in [4.78, 5) is 24.1. The molecule has 1 aliphatic heterocycles. The van der Waals surface area contributed by atoms with Crippen LogP contribution in [0.4, 0.5) is 0 Å². The quantitative estimate of drug-likeness (QED) is 0.828. The first-order valence-electron chi connectivity index (χ1n) is 5.95. The number of carbonyl (C=O) groups is 2. The second-order valence-corrected chi connectivity index (χ2v) is 4.27. The van der Waals surface area contributed by atoms with Crippen LogP contribution in [-0.2, 0) is 9.59 Å². The average molecular weight is 245 g/mol. The molecule has 1 unspecified atom stereocenters. The summed E-state index contributed by atoms with van der Waals surface area (Å²) in [6.45, 7) is 0.683. The second-order valence-electron chi connectivity index (χ2n) is 4.27. The molecule has 94 valence electrons. The first-order chi connectivity index (χ1) is 8.68. The first kappa shape index (κ1) is 12.4. The van der Waals surface area contributed by atoms with E-state index in [0.717, 1.165) is 30.6 Å². The highest BCUT2D eigenvalue weighted by Crippen LogP contribution is 2.31. The summed E-state index contributed by atoms with van der Waals surface area (Å²) in [5, 5.41) is 8.53. The van der Waals surface area contributed by atoms with Crippen molar-refractivity contribution in [2.24, 2.45) is 0 Å². The van der Waals surface area contributed by atoms with Crippen LogP contribution in [-0.4, -0.2) is 28.4 Å². The molecule has 4 heteroatoms. The zero-order valence-electron chi connectivity index (χ0n) is 9.95. The third kappa shape index (κ3) is 2.77. The summed E-state index contributed by atoms with van der Waals surface area (Å²) in [6.07, 6.45) is 3.90. The van der Waals surface area contributed by atoms with E-state index in [0.29, 0.717) is 6.54 Å². The molecule has 1 heterocycles. The van der Waals surface area contributed by atoms with Gasteiger partial charge in [0.2, 0.25) is 5.91 Å². The van der Waals surface area contributed by atoms with Gasteiger partial charge in [0.25, 0.3) is 0 Å². The molecule has 1 aromatic carbocycles. The molecule has 0 bridgehead atoms. The van der Waals surface area contributed by atoms with Crippen molar-refractivity contribution in [2.45, 2.75) is 18.9 Å². The number of carboxylic acid groups (broad SMARTS) is 1. The molecule has 0 aromatic heterocycles. The van der Waals surface area contributed by atoms with Crippen LogP contribution < -0.4 is 0 Å². The smallest absolute Gasteiger partial charge is 0.328 e. The highest BCUT2D eigenvalue weighted by molar-refractivity contribution is 5.94. The van der Waals surface area contributed by atoms with Crippen LogP contribution in [0.25, 0.3) is 0 Å². The number of carboxylic acids is 1. The standard InChI is InChI=1S/C14H15NO3/c16-13(8-9-14(17)18)15-10-4-7-12(15)11-5-2-1-3-6-11/h1-3,5-6,8-9,12H,4,7,10H2,(H,17,18)/b9-8+. The van der Waals surface area contributed by atoms with Crippen molar-refractivity contribution in [1.29, 1.82) is 0 Å². The van der Waals surface area contributed by atoms with Crippen LogP contribution in [0.3, 0.4) is 0 Å². The third-order valence-electron chi connectivity index (χ3n) is 3.09. The molecular formula is C14H15NO3. The largest absolute Gasteiger partial charge is 0.478 e. The fourth-order valence-electron chi connectivity index (χ4n) is 2.29. The van der Waals surface area contributed by atoms with Gasteiger partial charge in [-0.25, -0.2) is 4.79 Å². The van der Waals surface area contributed by atoms with Crippen molar-refractivity contribution in [1.82, 2.24) is 4.90 Å². The van der Waals surface area contributed by atoms with Gasteiger partial charge < -0.3 is 10.0 Å². The van der Waals surface area contributed by atoms with E-state index in [1.54, 1.807) is 4.90 Å². The Morgan fingerprint density at radius 2 is 1.94 bits per heavy atom. The van der Waals surface area contributed by atoms with Gasteiger partial charge in [0.15, 0.2) is 0 Å². The van der Waals surface area contributed by atoms with E-state index in [-0.39, 0.29) is 11.9 Å². The maximum Gasteiger partial charge on any atom is 0.328 e. The van der Waals surface area contributed by atoms with E-state index >= 15 is 0 Å². The van der Waals surface area contributed by atoms with E-state index < -0.39 is 5.97 Å². The molecule has 0 saturated carbocycles. The van der Waals surface area contributed by atoms with Crippen molar-refractivity contribution in [3.63, 3.8) is 0 Å². The van der Waals surface area contributed by atoms with Crippen LogP contribution in [0, 0.1) is 0 Å². The van der Waals surface area contributed by atoms with Crippen LogP contribution in [0.2, 0.25) is 0 Å². The van der Waals surface area contributed by atoms with Gasteiger partial charge in [-0.2, -0.15) is 0 Å². The monoisotopic (exact) mass is 245 g/mol. The summed E-state index contributed by atoms with van der Waals surface area (Å²) in [5.41, 5.74) is 1.10. The molecule has 1 saturated heterocycles. The van der Waals surface area contributed by atoms with Gasteiger partial charge in [-0.05, 0) is 18.4 Å². The number of nitrogens with zero attached hydrogens (tertiary/aromatic N) is 1. The molecule has 18 heavy (non-hydrogen) atoms. The number of hydrogen-bond donors (Lipinski definition) is 1. The maximum atomic E-state index is 11.9. The number of rotatable bonds is 3. The lowest BCUT2D eigenvalue weighted by Crippen LogP contribution is -2.29. The molecule has 4 nitrogen and oxygen atoms in total. The molecule has 1 fully saturated rings. The molecule has 0 radical (unpaired) electrons. The van der Waals surface area contributed by atoms with E-state index in [1.165, 1.54) is 0 Å². The van der Waals surface area contributed by atoms with Crippen LogP contribution in [0.1, 0.15) is 24.4 Å². The summed E-state index contributed by atoms with van der Waals surface area (Å²) in [5.74, 6) is -1.33. The van der Waals surface area contributed by atoms with Gasteiger partial charge in [0.1, 0.15) is 0 Å². The molecule has 0 spiro atoms. The summed E-state index contributed by atoms with van der Waals surface area (Å²) >= 11 is 0. The summed E-state index contributed by atoms with van der Waals surface area (Å²) < 4.78 is 0. The van der Waals surface area contributed by atoms with Crippen molar-refractivity contribution in [2.75, 3.05) is 6.54 Å². The number of carbonyl (C=O) groups excluding carboxylic acids is 1. The number of hydrogen-bond acceptors (Lipinski definition) is 2. The minimum Gasteiger partial charge on any atom is -0.478 e. The van der Waals surface area contributed by atoms with E-state index in [4.69, 9.17) is 5.11 Å². The normalized spacial score (nSPS) is 19.3. The minimum absolute atomic E-state index is 0.0668. The fraction of sp³-hybridized carbons (Fsp3) is 0.286. The molecular weight excluding hydrogens is 230 g/mol. The Bertz CT molecular complexity index is 467. The second kappa shape index (κ2) is 5.49. The van der Waals surface area contributed by atoms with Crippen molar-refractivity contribution < 1.29 is 14.7 Å².